The average molecular weight is 1310 g/mol. The molecule has 0 aliphatic heterocycles. The van der Waals surface area contributed by atoms with Crippen molar-refractivity contribution in [3.05, 3.63) is 131 Å². The normalized spacial score (nSPS) is 11.8. The van der Waals surface area contributed by atoms with E-state index >= 15 is 0 Å². The molecule has 0 aliphatic rings. The van der Waals surface area contributed by atoms with Crippen molar-refractivity contribution in [2.75, 3.05) is 21.3 Å². The number of hydrogen-bond donors (Lipinski definition) is 14. The second-order valence-corrected chi connectivity index (χ2v) is 22.3. The maximum absolute atomic E-state index is 12.6. The van der Waals surface area contributed by atoms with Gasteiger partial charge in [-0.3, -0.25) is 9.11 Å². The lowest BCUT2D eigenvalue weighted by Crippen LogP contribution is -2.07. The number of nitrogens with one attached hydrogen (secondary N) is 4. The molecule has 90 heavy (non-hydrogen) atoms. The number of aromatic nitrogens is 6. The molecule has 0 saturated carbocycles. The maximum Gasteiger partial charge on any atom is 0.335 e. The van der Waals surface area contributed by atoms with Crippen LogP contribution < -0.4 is 21.3 Å². The molecule has 9 rings (SSSR count). The molecule has 0 saturated heterocycles. The van der Waals surface area contributed by atoms with Crippen LogP contribution in [0, 0.1) is 13.8 Å². The Bertz CT molecular complexity index is 4380. The number of hydrogen-bond acceptors (Lipinski definition) is 32. The minimum Gasteiger partial charge on any atom is -0.505 e. The van der Waals surface area contributed by atoms with E-state index in [2.05, 4.69) is 90.4 Å². The predicted octanol–water partition coefficient (Wildman–Crippen LogP) is 10.3. The van der Waals surface area contributed by atoms with Gasteiger partial charge < -0.3 is 51.9 Å². The molecule has 14 N–H and O–H groups in total. The summed E-state index contributed by atoms with van der Waals surface area (Å²) >= 11 is 0.472. The van der Waals surface area contributed by atoms with Crippen molar-refractivity contribution in [2.24, 2.45) is 20.5 Å². The van der Waals surface area contributed by atoms with Crippen molar-refractivity contribution in [3.63, 3.8) is 0 Å². The summed E-state index contributed by atoms with van der Waals surface area (Å²) in [6.45, 7) is 2.95. The van der Waals surface area contributed by atoms with Crippen LogP contribution in [0.2, 0.25) is 0 Å². The number of benzene rings is 7. The number of rotatable bonds is 24. The summed E-state index contributed by atoms with van der Waals surface area (Å²) < 4.78 is 79.7. The lowest BCUT2D eigenvalue weighted by atomic mass is 10.1. The largest absolute Gasteiger partial charge is 0.505 e. The van der Waals surface area contributed by atoms with Gasteiger partial charge in [-0.1, -0.05) is 10.1 Å². The molecule has 40 heteroatoms. The van der Waals surface area contributed by atoms with Crippen molar-refractivity contribution in [3.8, 4) is 11.5 Å². The molecule has 0 fully saturated rings. The molecule has 0 spiro atoms. The molecule has 36 nitrogen and oxygen atoms in total. The summed E-state index contributed by atoms with van der Waals surface area (Å²) in [6, 6.07) is 18.0. The fourth-order valence-corrected chi connectivity index (χ4v) is 10.3. The second-order valence-electron chi connectivity index (χ2n) is 18.0. The van der Waals surface area contributed by atoms with E-state index in [1.807, 2.05) is 0 Å². The number of fused-ring (bicyclic) bond motifs is 2. The Balaban J connectivity index is 0.998. The first-order valence-electron chi connectivity index (χ1n) is 24.3. The molecule has 0 atom stereocenters. The van der Waals surface area contributed by atoms with Gasteiger partial charge in [-0.05, 0) is 122 Å². The highest BCUT2D eigenvalue weighted by Crippen LogP contribution is 2.49. The number of anilines is 8. The quantitative estimate of drug-likeness (QED) is 0.00878. The SMILES string of the molecule is Cc1nc(Nc2ccc(Nc3nc(C)nc(Nc4cc(S(=O)(=O)O)cc5cc(SOOO)c(N=Nc6cc(C(=O)O)cc(C(=O)O)c6)c(O)c45)n3)cc2)nc(Nc2cc(S(=O)(=O)O)cc3cc(SOOO)c(N=Nc4cc(C(=O)O)cc(C(=O)O)c4)c(O)c23)n1. The molecule has 0 radical (unpaired) electrons. The van der Waals surface area contributed by atoms with Crippen LogP contribution in [0.5, 0.6) is 11.5 Å². The molecule has 0 unspecified atom stereocenters. The highest BCUT2D eigenvalue weighted by atomic mass is 32.2. The third-order valence-corrected chi connectivity index (χ3v) is 14.8. The summed E-state index contributed by atoms with van der Waals surface area (Å²) in [5.74, 6) is -8.08. The van der Waals surface area contributed by atoms with Crippen molar-refractivity contribution in [1.82, 2.24) is 29.9 Å². The fraction of sp³-hybridized carbons (Fsp3) is 0.0400. The molecular weight excluding hydrogens is 1280 g/mol. The molecule has 9 aromatic rings. The Kier molecular flexibility index (Phi) is 18.6. The molecule has 2 heterocycles. The highest BCUT2D eigenvalue weighted by molar-refractivity contribution is 7.95. The first-order chi connectivity index (χ1) is 42.6. The zero-order valence-electron chi connectivity index (χ0n) is 44.7. The van der Waals surface area contributed by atoms with E-state index in [1.165, 1.54) is 26.0 Å². The second kappa shape index (κ2) is 26.3. The van der Waals surface area contributed by atoms with Crippen molar-refractivity contribution in [2.45, 2.75) is 33.4 Å². The van der Waals surface area contributed by atoms with Gasteiger partial charge in [0.05, 0.1) is 88.7 Å². The van der Waals surface area contributed by atoms with Gasteiger partial charge in [-0.2, -0.15) is 57.0 Å². The number of aryl methyl sites for hydroxylation is 2. The minimum absolute atomic E-state index is 0.0877. The van der Waals surface area contributed by atoms with E-state index in [0.717, 1.165) is 60.7 Å². The van der Waals surface area contributed by atoms with E-state index in [9.17, 15) is 75.8 Å². The van der Waals surface area contributed by atoms with Gasteiger partial charge in [-0.25, -0.2) is 29.7 Å². The summed E-state index contributed by atoms with van der Waals surface area (Å²) in [7, 11) is -9.97. The number of aromatic hydroxyl groups is 2. The zero-order valence-corrected chi connectivity index (χ0v) is 48.0. The third kappa shape index (κ3) is 15.0. The number of nitrogens with zero attached hydrogens (tertiary/aromatic N) is 10. The highest BCUT2D eigenvalue weighted by Gasteiger charge is 2.26. The lowest BCUT2D eigenvalue weighted by molar-refractivity contribution is -0.432. The van der Waals surface area contributed by atoms with E-state index < -0.39 is 99.0 Å². The van der Waals surface area contributed by atoms with Crippen LogP contribution in [0.1, 0.15) is 53.1 Å². The third-order valence-electron chi connectivity index (χ3n) is 11.9. The Morgan fingerprint density at radius 1 is 0.456 bits per heavy atom. The molecule has 7 aromatic carbocycles. The molecule has 0 aliphatic carbocycles. The maximum atomic E-state index is 12.6. The number of carbonyl (C=O) groups is 4. The van der Waals surface area contributed by atoms with E-state index in [4.69, 9.17) is 10.5 Å². The Morgan fingerprint density at radius 3 is 1.08 bits per heavy atom. The first kappa shape index (κ1) is 63.7. The molecule has 0 amide bonds. The fourth-order valence-electron chi connectivity index (χ4n) is 8.21. The van der Waals surface area contributed by atoms with Crippen molar-refractivity contribution in [1.29, 1.82) is 0 Å². The van der Waals surface area contributed by atoms with Crippen LogP contribution in [-0.2, 0) is 39.0 Å². The van der Waals surface area contributed by atoms with Gasteiger partial charge in [0.25, 0.3) is 20.2 Å². The number of carboxylic acid groups (broad SMARTS) is 4. The summed E-state index contributed by atoms with van der Waals surface area (Å²) in [5.41, 5.74) is -3.25. The van der Waals surface area contributed by atoms with Crippen molar-refractivity contribution < 1.29 is 105 Å². The first-order valence-corrected chi connectivity index (χ1v) is 28.6. The van der Waals surface area contributed by atoms with Gasteiger partial charge in [0.2, 0.25) is 23.8 Å². The van der Waals surface area contributed by atoms with Crippen LogP contribution in [0.15, 0.2) is 137 Å². The molecule has 0 bridgehead atoms. The van der Waals surface area contributed by atoms with Crippen LogP contribution in [0.25, 0.3) is 21.5 Å². The summed E-state index contributed by atoms with van der Waals surface area (Å²) in [5, 5.41) is 114. The van der Waals surface area contributed by atoms with Crippen molar-refractivity contribution >= 4 is 159 Å². The van der Waals surface area contributed by atoms with Gasteiger partial charge in [-0.15, -0.1) is 18.9 Å². The predicted molar refractivity (Wildman–Crippen MR) is 310 cm³/mol. The van der Waals surface area contributed by atoms with Crippen LogP contribution in [0.4, 0.5) is 69.3 Å². The number of aromatic carboxylic acids is 4. The molecule has 462 valence electrons. The monoisotopic (exact) mass is 1310 g/mol. The number of phenols is 2. The Labute approximate surface area is 509 Å². The van der Waals surface area contributed by atoms with Gasteiger partial charge in [0.15, 0.2) is 11.5 Å². The minimum atomic E-state index is -4.98. The van der Waals surface area contributed by atoms with Crippen LogP contribution in [-0.4, -0.2) is 121 Å². The van der Waals surface area contributed by atoms with E-state index in [1.54, 1.807) is 24.3 Å². The molecular formula is C50H36N14O22S4. The summed E-state index contributed by atoms with van der Waals surface area (Å²) in [4.78, 5) is 71.1. The Morgan fingerprint density at radius 2 is 0.778 bits per heavy atom. The molecule has 2 aromatic heterocycles. The smallest absolute Gasteiger partial charge is 0.335 e. The number of carboxylic acids is 4. The van der Waals surface area contributed by atoms with Gasteiger partial charge in [0, 0.05) is 22.1 Å². The van der Waals surface area contributed by atoms with Crippen LogP contribution >= 0.6 is 24.1 Å². The number of azo groups is 2. The van der Waals surface area contributed by atoms with Gasteiger partial charge in [0.1, 0.15) is 23.0 Å². The zero-order chi connectivity index (χ0) is 64.9. The summed E-state index contributed by atoms with van der Waals surface area (Å²) in [6.07, 6.45) is 0. The van der Waals surface area contributed by atoms with Crippen LogP contribution in [0.3, 0.4) is 0 Å². The van der Waals surface area contributed by atoms with E-state index in [0.29, 0.717) is 11.4 Å². The Hall–Kier alpha value is -10.8. The van der Waals surface area contributed by atoms with Gasteiger partial charge >= 0.3 is 23.9 Å². The number of phenolic OH excluding ortho intramolecular Hbond substituents is 2. The average Bonchev–Trinajstić information content (AvgIpc) is 0.771. The topological polar surface area (TPSA) is 551 Å². The lowest BCUT2D eigenvalue weighted by Gasteiger charge is -2.16. The van der Waals surface area contributed by atoms with E-state index in [-0.39, 0.29) is 114 Å². The standard InChI is InChI=1S/C50H36N14O22S4/c1-19-51-47(59-49(53-19)57-33-17-31(89(77,78)79)13-21-15-35(87-85-83-75)39(41(65)37(21)33)63-61-29-9-23(43(67)68)7-24(10-29)44(69)70)55-27-3-5-28(6-4-27)56-48-52-20(2)54-50(60-48)58-34-18-32(90(80,81)82)14-22-16-36(88-86-84-76)40(42(66)38(22)34)64-62-30-11-25(45(71)72)8-26(12-30)46(73)74/h3-18,65-66,75-76H,1-2H3,(H,67,68)(H,69,70)(H,71,72)(H,73,74)(H,77,78,79)(H,80,81,82)(H2,51,53,55,57,59)(H2,52,54,56,58,60).